The van der Waals surface area contributed by atoms with E-state index >= 15 is 0 Å². The van der Waals surface area contributed by atoms with Crippen molar-refractivity contribution >= 4 is 10.8 Å². The molecule has 0 radical (unpaired) electrons. The van der Waals surface area contributed by atoms with E-state index in [0.29, 0.717) is 23.0 Å². The minimum atomic E-state index is -0.573. The largest absolute Gasteiger partial charge is 0.208 e. The van der Waals surface area contributed by atoms with Crippen molar-refractivity contribution in [2.75, 3.05) is 0 Å². The maximum Gasteiger partial charge on any atom is 0.164 e. The van der Waals surface area contributed by atoms with Crippen molar-refractivity contribution in [3.63, 3.8) is 0 Å². The molecule has 0 N–H and O–H groups in total. The standard InChI is InChI=1S/C51H30N4/c52-31-37-30-46-47(41-20-8-7-17-38(37)41)42-28-27-36(29-45(42)51(46)43-21-11-9-18-39(43)40-19-10-12-22-44(40)51)32-23-25-35(26-24-32)50-54-48(33-13-3-1-4-14-33)53-49(55-50)34-15-5-2-6-16-34/h1-30H. The Morgan fingerprint density at radius 2 is 0.836 bits per heavy atom. The highest BCUT2D eigenvalue weighted by molar-refractivity contribution is 6.08. The van der Waals surface area contributed by atoms with Crippen LogP contribution in [0.2, 0.25) is 0 Å². The quantitative estimate of drug-likeness (QED) is 0.184. The van der Waals surface area contributed by atoms with Crippen molar-refractivity contribution in [1.29, 1.82) is 5.26 Å². The molecule has 0 saturated heterocycles. The van der Waals surface area contributed by atoms with E-state index in [1.54, 1.807) is 0 Å². The fourth-order valence-electron chi connectivity index (χ4n) is 9.02. The summed E-state index contributed by atoms with van der Waals surface area (Å²) >= 11 is 0. The molecular formula is C51H30N4. The molecule has 0 unspecified atom stereocenters. The smallest absolute Gasteiger partial charge is 0.164 e. The van der Waals surface area contributed by atoms with Crippen LogP contribution in [0.15, 0.2) is 182 Å². The lowest BCUT2D eigenvalue weighted by Gasteiger charge is -2.31. The Morgan fingerprint density at radius 3 is 1.42 bits per heavy atom. The third-order valence-corrected chi connectivity index (χ3v) is 11.4. The first-order valence-electron chi connectivity index (χ1n) is 18.5. The van der Waals surface area contributed by atoms with Crippen LogP contribution in [0.3, 0.4) is 0 Å². The monoisotopic (exact) mass is 698 g/mol. The van der Waals surface area contributed by atoms with Crippen molar-refractivity contribution in [3.8, 4) is 73.6 Å². The Morgan fingerprint density at radius 1 is 0.364 bits per heavy atom. The average Bonchev–Trinajstić information content (AvgIpc) is 3.73. The lowest BCUT2D eigenvalue weighted by molar-refractivity contribution is 0.794. The summed E-state index contributed by atoms with van der Waals surface area (Å²) < 4.78 is 0. The van der Waals surface area contributed by atoms with Crippen LogP contribution in [-0.2, 0) is 5.41 Å². The SMILES string of the molecule is N#Cc1cc2c(c3ccccc13)-c1ccc(-c3ccc(-c4nc(-c5ccccc5)nc(-c5ccccc5)n4)cc3)cc1C21c2ccccc2-c2ccccc21. The normalized spacial score (nSPS) is 12.9. The van der Waals surface area contributed by atoms with Crippen LogP contribution >= 0.6 is 0 Å². The molecule has 0 aliphatic heterocycles. The number of benzene rings is 8. The molecule has 0 fully saturated rings. The third kappa shape index (κ3) is 4.54. The van der Waals surface area contributed by atoms with Gasteiger partial charge in [-0.25, -0.2) is 15.0 Å². The molecular weight excluding hydrogens is 669 g/mol. The summed E-state index contributed by atoms with van der Waals surface area (Å²) in [6.45, 7) is 0. The van der Waals surface area contributed by atoms with E-state index in [0.717, 1.165) is 38.6 Å². The maximum atomic E-state index is 10.5. The van der Waals surface area contributed by atoms with Gasteiger partial charge in [0.2, 0.25) is 0 Å². The number of nitrogens with zero attached hydrogens (tertiary/aromatic N) is 4. The molecule has 0 atom stereocenters. The Hall–Kier alpha value is -7.48. The first kappa shape index (κ1) is 31.1. The molecule has 8 aromatic carbocycles. The van der Waals surface area contributed by atoms with E-state index in [1.165, 1.54) is 44.5 Å². The highest BCUT2D eigenvalue weighted by Gasteiger charge is 2.52. The van der Waals surface area contributed by atoms with Crippen molar-refractivity contribution < 1.29 is 0 Å². The van der Waals surface area contributed by atoms with Crippen molar-refractivity contribution in [2.45, 2.75) is 5.41 Å². The summed E-state index contributed by atoms with van der Waals surface area (Å²) in [6.07, 6.45) is 0. The zero-order valence-electron chi connectivity index (χ0n) is 29.6. The number of hydrogen-bond donors (Lipinski definition) is 0. The van der Waals surface area contributed by atoms with E-state index in [9.17, 15) is 5.26 Å². The van der Waals surface area contributed by atoms with Gasteiger partial charge >= 0.3 is 0 Å². The number of aromatic nitrogens is 3. The van der Waals surface area contributed by atoms with Crippen molar-refractivity contribution in [1.82, 2.24) is 15.0 Å². The Kier molecular flexibility index (Phi) is 6.80. The Labute approximate surface area is 318 Å². The summed E-state index contributed by atoms with van der Waals surface area (Å²) in [4.78, 5) is 14.8. The van der Waals surface area contributed by atoms with Crippen LogP contribution < -0.4 is 0 Å². The van der Waals surface area contributed by atoms with E-state index in [2.05, 4.69) is 121 Å². The first-order valence-corrected chi connectivity index (χ1v) is 18.5. The van der Waals surface area contributed by atoms with Gasteiger partial charge in [-0.05, 0) is 73.2 Å². The first-order chi connectivity index (χ1) is 27.2. The van der Waals surface area contributed by atoms with E-state index in [-0.39, 0.29) is 0 Å². The average molecular weight is 699 g/mol. The minimum Gasteiger partial charge on any atom is -0.208 e. The zero-order chi connectivity index (χ0) is 36.5. The molecule has 2 aliphatic carbocycles. The summed E-state index contributed by atoms with van der Waals surface area (Å²) in [7, 11) is 0. The van der Waals surface area contributed by atoms with Crippen LogP contribution in [0.1, 0.15) is 27.8 Å². The molecule has 9 aromatic rings. The molecule has 55 heavy (non-hydrogen) atoms. The molecule has 1 spiro atoms. The number of hydrogen-bond acceptors (Lipinski definition) is 4. The van der Waals surface area contributed by atoms with Gasteiger partial charge in [-0.15, -0.1) is 0 Å². The predicted molar refractivity (Wildman–Crippen MR) is 220 cm³/mol. The molecule has 0 amide bonds. The van der Waals surface area contributed by atoms with Gasteiger partial charge in [0.1, 0.15) is 0 Å². The molecule has 11 rings (SSSR count). The second kappa shape index (κ2) is 12.0. The molecule has 4 nitrogen and oxygen atoms in total. The number of rotatable bonds is 4. The molecule has 0 bridgehead atoms. The highest BCUT2D eigenvalue weighted by atomic mass is 15.0. The minimum absolute atomic E-state index is 0.573. The van der Waals surface area contributed by atoms with Gasteiger partial charge in [-0.3, -0.25) is 0 Å². The summed E-state index contributed by atoms with van der Waals surface area (Å²) in [5, 5.41) is 12.6. The van der Waals surface area contributed by atoms with Gasteiger partial charge in [0.15, 0.2) is 17.5 Å². The second-order valence-corrected chi connectivity index (χ2v) is 14.2. The van der Waals surface area contributed by atoms with Crippen LogP contribution in [-0.4, -0.2) is 15.0 Å². The number of fused-ring (bicyclic) bond motifs is 12. The fourth-order valence-corrected chi connectivity index (χ4v) is 9.02. The van der Waals surface area contributed by atoms with Gasteiger partial charge in [-0.2, -0.15) is 5.26 Å². The lowest BCUT2D eigenvalue weighted by Crippen LogP contribution is -2.26. The molecule has 1 heterocycles. The van der Waals surface area contributed by atoms with E-state index in [4.69, 9.17) is 15.0 Å². The fraction of sp³-hybridized carbons (Fsp3) is 0.0196. The Balaban J connectivity index is 1.09. The molecule has 1 aromatic heterocycles. The van der Waals surface area contributed by atoms with Crippen molar-refractivity contribution in [2.24, 2.45) is 0 Å². The van der Waals surface area contributed by atoms with Crippen LogP contribution in [0, 0.1) is 11.3 Å². The number of nitriles is 1. The van der Waals surface area contributed by atoms with Gasteiger partial charge in [0.25, 0.3) is 0 Å². The van der Waals surface area contributed by atoms with E-state index in [1.807, 2.05) is 66.7 Å². The topological polar surface area (TPSA) is 62.5 Å². The van der Waals surface area contributed by atoms with Crippen molar-refractivity contribution in [3.05, 3.63) is 210 Å². The zero-order valence-corrected chi connectivity index (χ0v) is 29.6. The summed E-state index contributed by atoms with van der Waals surface area (Å²) in [6, 6.07) is 66.2. The molecule has 4 heteroatoms. The molecule has 254 valence electrons. The maximum absolute atomic E-state index is 10.5. The Bertz CT molecular complexity index is 2930. The third-order valence-electron chi connectivity index (χ3n) is 11.4. The van der Waals surface area contributed by atoms with E-state index < -0.39 is 5.41 Å². The van der Waals surface area contributed by atoms with Crippen LogP contribution in [0.4, 0.5) is 0 Å². The summed E-state index contributed by atoms with van der Waals surface area (Å²) in [5.74, 6) is 1.91. The van der Waals surface area contributed by atoms with Crippen LogP contribution in [0.5, 0.6) is 0 Å². The van der Waals surface area contributed by atoms with Gasteiger partial charge in [-0.1, -0.05) is 170 Å². The highest BCUT2D eigenvalue weighted by Crippen LogP contribution is 2.64. The second-order valence-electron chi connectivity index (χ2n) is 14.2. The molecule has 2 aliphatic rings. The lowest BCUT2D eigenvalue weighted by atomic mass is 9.70. The summed E-state index contributed by atoms with van der Waals surface area (Å²) in [5.41, 5.74) is 14.9. The van der Waals surface area contributed by atoms with Gasteiger partial charge in [0, 0.05) is 22.1 Å². The predicted octanol–water partition coefficient (Wildman–Crippen LogP) is 11.9. The van der Waals surface area contributed by atoms with Gasteiger partial charge < -0.3 is 0 Å². The molecule has 0 saturated carbocycles. The van der Waals surface area contributed by atoms with Gasteiger partial charge in [0.05, 0.1) is 17.0 Å². The van der Waals surface area contributed by atoms with Crippen LogP contribution in [0.25, 0.3) is 78.3 Å².